The van der Waals surface area contributed by atoms with E-state index in [4.69, 9.17) is 5.11 Å². The number of rotatable bonds is 3. The van der Waals surface area contributed by atoms with Gasteiger partial charge < -0.3 is 5.11 Å². The highest BCUT2D eigenvalue weighted by atomic mass is 32.2. The van der Waals surface area contributed by atoms with Crippen molar-refractivity contribution < 1.29 is 17.9 Å². The Bertz CT molecular complexity index is 585. The van der Waals surface area contributed by atoms with Crippen LogP contribution in [0.5, 0.6) is 0 Å². The molecule has 1 aromatic rings. The van der Waals surface area contributed by atoms with Crippen molar-refractivity contribution in [1.82, 2.24) is 4.31 Å². The molecule has 0 aliphatic heterocycles. The van der Waals surface area contributed by atoms with Crippen molar-refractivity contribution in [2.24, 2.45) is 0 Å². The Morgan fingerprint density at radius 2 is 2.06 bits per heavy atom. The monoisotopic (exact) mass is 271 g/mol. The zero-order valence-electron chi connectivity index (χ0n) is 10.1. The van der Waals surface area contributed by atoms with Crippen LogP contribution in [0.2, 0.25) is 0 Å². The van der Waals surface area contributed by atoms with Crippen LogP contribution in [0, 0.1) is 17.7 Å². The Morgan fingerprint density at radius 3 is 2.56 bits per heavy atom. The summed E-state index contributed by atoms with van der Waals surface area (Å²) in [5.41, 5.74) is 0.374. The molecule has 1 rings (SSSR count). The van der Waals surface area contributed by atoms with Gasteiger partial charge in [-0.1, -0.05) is 11.8 Å². The molecule has 1 N–H and O–H groups in total. The molecule has 0 saturated carbocycles. The molecule has 4 nitrogen and oxygen atoms in total. The second-order valence-electron chi connectivity index (χ2n) is 3.71. The van der Waals surface area contributed by atoms with E-state index in [9.17, 15) is 12.8 Å². The largest absolute Gasteiger partial charge is 0.395 e. The summed E-state index contributed by atoms with van der Waals surface area (Å²) in [4.78, 5) is -0.375. The Labute approximate surface area is 106 Å². The van der Waals surface area contributed by atoms with Crippen LogP contribution < -0.4 is 0 Å². The van der Waals surface area contributed by atoms with Crippen molar-refractivity contribution in [2.45, 2.75) is 11.3 Å². The van der Waals surface area contributed by atoms with Crippen LogP contribution >= 0.6 is 0 Å². The molecule has 0 amide bonds. The number of halogens is 1. The second kappa shape index (κ2) is 5.96. The third kappa shape index (κ3) is 3.29. The van der Waals surface area contributed by atoms with Crippen LogP contribution in [0.3, 0.4) is 0 Å². The Kier molecular flexibility index (Phi) is 4.84. The van der Waals surface area contributed by atoms with Gasteiger partial charge >= 0.3 is 0 Å². The molecule has 1 aromatic carbocycles. The van der Waals surface area contributed by atoms with E-state index in [1.54, 1.807) is 0 Å². The molecule has 0 bridgehead atoms. The van der Waals surface area contributed by atoms with E-state index in [1.807, 2.05) is 0 Å². The van der Waals surface area contributed by atoms with Crippen molar-refractivity contribution in [3.63, 3.8) is 0 Å². The van der Waals surface area contributed by atoms with Crippen LogP contribution in [-0.2, 0) is 10.0 Å². The lowest BCUT2D eigenvalue weighted by molar-refractivity contribution is 0.305. The first-order chi connectivity index (χ1) is 8.39. The molecule has 0 saturated heterocycles. The molecule has 0 spiro atoms. The van der Waals surface area contributed by atoms with Gasteiger partial charge in [-0.2, -0.15) is 0 Å². The number of hydrogen-bond donors (Lipinski definition) is 1. The summed E-state index contributed by atoms with van der Waals surface area (Å²) in [5, 5.41) is 8.55. The van der Waals surface area contributed by atoms with Gasteiger partial charge in [0.2, 0.25) is 10.0 Å². The molecule has 6 heteroatoms. The molecule has 0 aromatic heterocycles. The number of sulfonamides is 1. The minimum Gasteiger partial charge on any atom is -0.395 e. The average molecular weight is 271 g/mol. The van der Waals surface area contributed by atoms with E-state index in [0.29, 0.717) is 12.0 Å². The van der Waals surface area contributed by atoms with Crippen molar-refractivity contribution in [2.75, 3.05) is 20.7 Å². The van der Waals surface area contributed by atoms with Crippen LogP contribution in [0.25, 0.3) is 0 Å². The molecule has 98 valence electrons. The lowest BCUT2D eigenvalue weighted by atomic mass is 10.2. The summed E-state index contributed by atoms with van der Waals surface area (Å²) in [7, 11) is -1.11. The van der Waals surface area contributed by atoms with Crippen molar-refractivity contribution >= 4 is 10.0 Å². The van der Waals surface area contributed by atoms with E-state index >= 15 is 0 Å². The fraction of sp³-hybridized carbons (Fsp3) is 0.333. The summed E-state index contributed by atoms with van der Waals surface area (Å²) >= 11 is 0. The zero-order chi connectivity index (χ0) is 13.8. The summed E-state index contributed by atoms with van der Waals surface area (Å²) in [6.45, 7) is -0.0669. The minimum absolute atomic E-state index is 0.0669. The number of benzene rings is 1. The summed E-state index contributed by atoms with van der Waals surface area (Å²) in [6.07, 6.45) is 0.291. The van der Waals surface area contributed by atoms with E-state index < -0.39 is 15.8 Å². The maximum absolute atomic E-state index is 13.7. The standard InChI is InChI=1S/C12H14FNO3S/c1-14(2)18(16,17)12-7-6-10(9-11(12)13)5-3-4-8-15/h6-7,9,15H,4,8H2,1-2H3. The SMILES string of the molecule is CN(C)S(=O)(=O)c1ccc(C#CCCO)cc1F. The van der Waals surface area contributed by atoms with Gasteiger partial charge in [0.05, 0.1) is 6.61 Å². The van der Waals surface area contributed by atoms with Gasteiger partial charge in [-0.25, -0.2) is 17.1 Å². The van der Waals surface area contributed by atoms with Gasteiger partial charge in [0.15, 0.2) is 0 Å². The number of hydrogen-bond acceptors (Lipinski definition) is 3. The van der Waals surface area contributed by atoms with Gasteiger partial charge in [0.1, 0.15) is 10.7 Å². The topological polar surface area (TPSA) is 57.6 Å². The predicted octanol–water partition coefficient (Wildman–Crippen LogP) is 0.810. The highest BCUT2D eigenvalue weighted by Crippen LogP contribution is 2.18. The van der Waals surface area contributed by atoms with Gasteiger partial charge in [0.25, 0.3) is 0 Å². The van der Waals surface area contributed by atoms with Crippen molar-refractivity contribution in [3.05, 3.63) is 29.6 Å². The molecular formula is C12H14FNO3S. The van der Waals surface area contributed by atoms with E-state index in [1.165, 1.54) is 26.2 Å². The van der Waals surface area contributed by atoms with Gasteiger partial charge in [-0.05, 0) is 18.2 Å². The third-order valence-corrected chi connectivity index (χ3v) is 4.01. The maximum atomic E-state index is 13.7. The normalized spacial score (nSPS) is 11.2. The lowest BCUT2D eigenvalue weighted by Gasteiger charge is -2.11. The number of nitrogens with zero attached hydrogens (tertiary/aromatic N) is 1. The molecule has 0 atom stereocenters. The molecule has 0 unspecified atom stereocenters. The van der Waals surface area contributed by atoms with Gasteiger partial charge in [0, 0.05) is 26.1 Å². The Balaban J connectivity index is 3.13. The van der Waals surface area contributed by atoms with E-state index in [-0.39, 0.29) is 11.5 Å². The quantitative estimate of drug-likeness (QED) is 0.828. The molecular weight excluding hydrogens is 257 g/mol. The Morgan fingerprint density at radius 1 is 1.39 bits per heavy atom. The number of aliphatic hydroxyl groups is 1. The van der Waals surface area contributed by atoms with E-state index in [0.717, 1.165) is 10.4 Å². The van der Waals surface area contributed by atoms with Crippen LogP contribution in [0.15, 0.2) is 23.1 Å². The summed E-state index contributed by atoms with van der Waals surface area (Å²) in [5.74, 6) is 4.44. The molecule has 0 radical (unpaired) electrons. The predicted molar refractivity (Wildman–Crippen MR) is 65.9 cm³/mol. The molecule has 18 heavy (non-hydrogen) atoms. The third-order valence-electron chi connectivity index (χ3n) is 2.16. The van der Waals surface area contributed by atoms with Crippen LogP contribution in [-0.4, -0.2) is 38.5 Å². The fourth-order valence-electron chi connectivity index (χ4n) is 1.20. The van der Waals surface area contributed by atoms with Crippen molar-refractivity contribution in [1.29, 1.82) is 0 Å². The molecule has 0 fully saturated rings. The first-order valence-electron chi connectivity index (χ1n) is 5.21. The molecule has 0 aliphatic rings. The summed E-state index contributed by atoms with van der Waals surface area (Å²) < 4.78 is 38.1. The second-order valence-corrected chi connectivity index (χ2v) is 5.83. The highest BCUT2D eigenvalue weighted by molar-refractivity contribution is 7.89. The van der Waals surface area contributed by atoms with E-state index in [2.05, 4.69) is 11.8 Å². The lowest BCUT2D eigenvalue weighted by Crippen LogP contribution is -2.23. The number of aliphatic hydroxyl groups excluding tert-OH is 1. The smallest absolute Gasteiger partial charge is 0.245 e. The van der Waals surface area contributed by atoms with Crippen LogP contribution in [0.1, 0.15) is 12.0 Å². The fourth-order valence-corrected chi connectivity index (χ4v) is 2.14. The molecule has 0 heterocycles. The Hall–Kier alpha value is -1.42. The minimum atomic E-state index is -3.78. The summed E-state index contributed by atoms with van der Waals surface area (Å²) in [6, 6.07) is 3.69. The average Bonchev–Trinajstić information content (AvgIpc) is 2.29. The van der Waals surface area contributed by atoms with Gasteiger partial charge in [-0.3, -0.25) is 0 Å². The van der Waals surface area contributed by atoms with Gasteiger partial charge in [-0.15, -0.1) is 0 Å². The van der Waals surface area contributed by atoms with Crippen molar-refractivity contribution in [3.8, 4) is 11.8 Å². The van der Waals surface area contributed by atoms with Crippen LogP contribution in [0.4, 0.5) is 4.39 Å². The maximum Gasteiger partial charge on any atom is 0.245 e. The zero-order valence-corrected chi connectivity index (χ0v) is 11.0. The first-order valence-corrected chi connectivity index (χ1v) is 6.65. The first kappa shape index (κ1) is 14.6. The highest BCUT2D eigenvalue weighted by Gasteiger charge is 2.21. The molecule has 0 aliphatic carbocycles.